The van der Waals surface area contributed by atoms with Crippen LogP contribution in [0.25, 0.3) is 110 Å². The van der Waals surface area contributed by atoms with Crippen LogP contribution in [0.15, 0.2) is 176 Å². The molecular formula is C54H35N5. The highest BCUT2D eigenvalue weighted by molar-refractivity contribution is 6.26. The van der Waals surface area contributed by atoms with E-state index in [-0.39, 0.29) is 5.41 Å². The van der Waals surface area contributed by atoms with E-state index < -0.39 is 0 Å². The van der Waals surface area contributed by atoms with Gasteiger partial charge in [-0.3, -0.25) is 9.13 Å². The molecule has 1 aliphatic rings. The van der Waals surface area contributed by atoms with Crippen LogP contribution in [-0.4, -0.2) is 24.1 Å². The first-order chi connectivity index (χ1) is 29.0. The molecule has 0 N–H and O–H groups in total. The summed E-state index contributed by atoms with van der Waals surface area (Å²) in [6.45, 7) is 4.71. The van der Waals surface area contributed by atoms with Gasteiger partial charge in [0.2, 0.25) is 11.9 Å². The van der Waals surface area contributed by atoms with Crippen LogP contribution in [-0.2, 0) is 5.41 Å². The van der Waals surface area contributed by atoms with Gasteiger partial charge in [-0.25, -0.2) is 0 Å². The van der Waals surface area contributed by atoms with Gasteiger partial charge in [-0.1, -0.05) is 147 Å². The molecule has 13 rings (SSSR count). The number of benzene rings is 9. The molecule has 59 heavy (non-hydrogen) atoms. The Labute approximate surface area is 339 Å². The Morgan fingerprint density at radius 2 is 0.712 bits per heavy atom. The largest absolute Gasteiger partial charge is 0.278 e. The third-order valence-electron chi connectivity index (χ3n) is 13.0. The molecule has 0 saturated heterocycles. The molecule has 0 aliphatic heterocycles. The van der Waals surface area contributed by atoms with E-state index in [1.54, 1.807) is 0 Å². The van der Waals surface area contributed by atoms with Gasteiger partial charge in [-0.05, 0) is 97.0 Å². The Balaban J connectivity index is 1.09. The van der Waals surface area contributed by atoms with Gasteiger partial charge in [0.15, 0.2) is 5.82 Å². The van der Waals surface area contributed by atoms with Crippen LogP contribution in [0.4, 0.5) is 0 Å². The standard InChI is InChI=1S/C54H35N5/c1-54(2)45-28-27-32(29-43(45)44-30-41-35-17-5-3-15-33(35)34-16-4-6-18-36(34)42(41)31-46(44)54)51-55-52(58-47-23-11-7-19-37(47)38-20-8-12-24-48(38)58)57-53(56-51)59-49-25-13-9-21-39(49)40-22-10-14-26-50(40)59/h3-31H,1-2H3. The van der Waals surface area contributed by atoms with Crippen molar-refractivity contribution in [3.8, 4) is 34.4 Å². The van der Waals surface area contributed by atoms with E-state index in [4.69, 9.17) is 15.0 Å². The van der Waals surface area contributed by atoms with Crippen LogP contribution in [0.3, 0.4) is 0 Å². The zero-order chi connectivity index (χ0) is 39.0. The second-order valence-corrected chi connectivity index (χ2v) is 16.4. The Morgan fingerprint density at radius 1 is 0.339 bits per heavy atom. The van der Waals surface area contributed by atoms with Crippen molar-refractivity contribution in [2.24, 2.45) is 0 Å². The Bertz CT molecular complexity index is 3530. The van der Waals surface area contributed by atoms with Crippen LogP contribution in [0.1, 0.15) is 25.0 Å². The molecule has 0 saturated carbocycles. The third-order valence-corrected chi connectivity index (χ3v) is 13.0. The van der Waals surface area contributed by atoms with Crippen LogP contribution < -0.4 is 0 Å². The van der Waals surface area contributed by atoms with Crippen molar-refractivity contribution in [1.29, 1.82) is 0 Å². The summed E-state index contributed by atoms with van der Waals surface area (Å²) in [6.07, 6.45) is 0. The highest BCUT2D eigenvalue weighted by Gasteiger charge is 2.36. The van der Waals surface area contributed by atoms with E-state index in [0.717, 1.165) is 49.2 Å². The fourth-order valence-corrected chi connectivity index (χ4v) is 10.2. The summed E-state index contributed by atoms with van der Waals surface area (Å²) in [4.78, 5) is 16.1. The molecule has 3 heterocycles. The number of rotatable bonds is 3. The SMILES string of the molecule is CC1(C)c2ccc(-c3nc(-n4c5ccccc5c5ccccc54)nc(-n4c5ccccc5c5ccccc54)n3)cc2-c2cc3c4ccccc4c4ccccc4c3cc21. The first kappa shape index (κ1) is 32.5. The molecule has 0 amide bonds. The number of aromatic nitrogens is 5. The summed E-state index contributed by atoms with van der Waals surface area (Å²) in [6, 6.07) is 63.5. The number of fused-ring (bicyclic) bond motifs is 15. The number of para-hydroxylation sites is 4. The fourth-order valence-electron chi connectivity index (χ4n) is 10.2. The normalized spacial score (nSPS) is 13.4. The van der Waals surface area contributed by atoms with Crippen molar-refractivity contribution in [2.45, 2.75) is 19.3 Å². The molecule has 5 heteroatoms. The van der Waals surface area contributed by atoms with E-state index in [1.165, 1.54) is 54.6 Å². The van der Waals surface area contributed by atoms with Crippen molar-refractivity contribution in [2.75, 3.05) is 0 Å². The van der Waals surface area contributed by atoms with E-state index in [2.05, 4.69) is 199 Å². The average Bonchev–Trinajstić information content (AvgIpc) is 3.89. The predicted molar refractivity (Wildman–Crippen MR) is 244 cm³/mol. The van der Waals surface area contributed by atoms with Gasteiger partial charge in [-0.15, -0.1) is 0 Å². The zero-order valence-corrected chi connectivity index (χ0v) is 32.5. The lowest BCUT2D eigenvalue weighted by Gasteiger charge is -2.22. The van der Waals surface area contributed by atoms with Gasteiger partial charge >= 0.3 is 0 Å². The molecule has 1 aliphatic carbocycles. The minimum atomic E-state index is -0.203. The summed E-state index contributed by atoms with van der Waals surface area (Å²) >= 11 is 0. The quantitative estimate of drug-likeness (QED) is 0.169. The van der Waals surface area contributed by atoms with Gasteiger partial charge < -0.3 is 0 Å². The summed E-state index contributed by atoms with van der Waals surface area (Å²) in [5.41, 5.74) is 10.1. The van der Waals surface area contributed by atoms with Crippen LogP contribution in [0, 0.1) is 0 Å². The van der Waals surface area contributed by atoms with E-state index in [1.807, 2.05) is 0 Å². The van der Waals surface area contributed by atoms with Gasteiger partial charge in [0.25, 0.3) is 0 Å². The second kappa shape index (κ2) is 11.7. The first-order valence-electron chi connectivity index (χ1n) is 20.3. The average molecular weight is 754 g/mol. The van der Waals surface area contributed by atoms with E-state index >= 15 is 0 Å². The maximum Gasteiger partial charge on any atom is 0.240 e. The van der Waals surface area contributed by atoms with Gasteiger partial charge in [0.1, 0.15) is 0 Å². The minimum Gasteiger partial charge on any atom is -0.278 e. The highest BCUT2D eigenvalue weighted by Crippen LogP contribution is 2.52. The van der Waals surface area contributed by atoms with Crippen molar-refractivity contribution < 1.29 is 0 Å². The lowest BCUT2D eigenvalue weighted by Crippen LogP contribution is -2.15. The molecule has 0 radical (unpaired) electrons. The maximum atomic E-state index is 5.39. The summed E-state index contributed by atoms with van der Waals surface area (Å²) < 4.78 is 4.39. The Kier molecular flexibility index (Phi) is 6.44. The molecule has 3 aromatic heterocycles. The van der Waals surface area contributed by atoms with Gasteiger partial charge in [-0.2, -0.15) is 15.0 Å². The number of nitrogens with zero attached hydrogens (tertiary/aromatic N) is 5. The predicted octanol–water partition coefficient (Wildman–Crippen LogP) is 13.5. The molecule has 12 aromatic rings. The highest BCUT2D eigenvalue weighted by atomic mass is 15.3. The maximum absolute atomic E-state index is 5.39. The Morgan fingerprint density at radius 3 is 1.17 bits per heavy atom. The summed E-state index contributed by atoms with van der Waals surface area (Å²) in [5.74, 6) is 1.78. The fraction of sp³-hybridized carbons (Fsp3) is 0.0556. The molecule has 5 nitrogen and oxygen atoms in total. The minimum absolute atomic E-state index is 0.203. The van der Waals surface area contributed by atoms with Crippen molar-refractivity contribution in [3.05, 3.63) is 187 Å². The van der Waals surface area contributed by atoms with Crippen LogP contribution >= 0.6 is 0 Å². The summed E-state index contributed by atoms with van der Waals surface area (Å²) in [7, 11) is 0. The van der Waals surface area contributed by atoms with E-state index in [0.29, 0.717) is 17.7 Å². The first-order valence-corrected chi connectivity index (χ1v) is 20.3. The lowest BCUT2D eigenvalue weighted by molar-refractivity contribution is 0.661. The second-order valence-electron chi connectivity index (χ2n) is 16.4. The monoisotopic (exact) mass is 753 g/mol. The topological polar surface area (TPSA) is 48.5 Å². The van der Waals surface area contributed by atoms with Crippen LogP contribution in [0.2, 0.25) is 0 Å². The van der Waals surface area contributed by atoms with Crippen molar-refractivity contribution in [3.63, 3.8) is 0 Å². The molecule has 276 valence electrons. The van der Waals surface area contributed by atoms with Gasteiger partial charge in [0.05, 0.1) is 22.1 Å². The molecule has 0 unspecified atom stereocenters. The van der Waals surface area contributed by atoms with Crippen molar-refractivity contribution in [1.82, 2.24) is 24.1 Å². The van der Waals surface area contributed by atoms with Crippen molar-refractivity contribution >= 4 is 75.9 Å². The molecule has 0 spiro atoms. The van der Waals surface area contributed by atoms with E-state index in [9.17, 15) is 0 Å². The van der Waals surface area contributed by atoms with Gasteiger partial charge in [0, 0.05) is 32.5 Å². The molecule has 0 atom stereocenters. The molecule has 0 fully saturated rings. The number of hydrogen-bond donors (Lipinski definition) is 0. The molecule has 9 aromatic carbocycles. The smallest absolute Gasteiger partial charge is 0.240 e. The molecule has 0 bridgehead atoms. The Hall–Kier alpha value is -7.63. The third kappa shape index (κ3) is 4.42. The van der Waals surface area contributed by atoms with Crippen LogP contribution in [0.5, 0.6) is 0 Å². The zero-order valence-electron chi connectivity index (χ0n) is 32.5. The number of hydrogen-bond acceptors (Lipinski definition) is 3. The lowest BCUT2D eigenvalue weighted by atomic mass is 9.81. The molecular weight excluding hydrogens is 719 g/mol. The summed E-state index contributed by atoms with van der Waals surface area (Å²) in [5, 5.41) is 12.3.